The Morgan fingerprint density at radius 3 is 2.59 bits per heavy atom. The van der Waals surface area contributed by atoms with Crippen molar-refractivity contribution >= 4 is 16.9 Å². The van der Waals surface area contributed by atoms with Gasteiger partial charge in [-0.3, -0.25) is 9.69 Å². The SMILES string of the molecule is CC(C)COC1CCN(C(C)C(=O)NC(C)c2cc3ccccc3o2)CC1. The van der Waals surface area contributed by atoms with E-state index in [1.165, 1.54) is 0 Å². The highest BCUT2D eigenvalue weighted by atomic mass is 16.5. The Kier molecular flexibility index (Phi) is 6.55. The van der Waals surface area contributed by atoms with E-state index in [0.717, 1.165) is 49.3 Å². The molecule has 0 spiro atoms. The van der Waals surface area contributed by atoms with Crippen LogP contribution in [0, 0.1) is 5.92 Å². The maximum absolute atomic E-state index is 12.7. The summed E-state index contributed by atoms with van der Waals surface area (Å²) in [4.78, 5) is 15.0. The zero-order valence-electron chi connectivity index (χ0n) is 16.9. The van der Waals surface area contributed by atoms with Gasteiger partial charge in [-0.15, -0.1) is 0 Å². The van der Waals surface area contributed by atoms with Crippen LogP contribution in [0.1, 0.15) is 52.3 Å². The molecule has 2 unspecified atom stereocenters. The van der Waals surface area contributed by atoms with Crippen LogP contribution >= 0.6 is 0 Å². The average molecular weight is 373 g/mol. The first kappa shape index (κ1) is 19.9. The molecule has 1 saturated heterocycles. The summed E-state index contributed by atoms with van der Waals surface area (Å²) in [5.41, 5.74) is 0.852. The molecule has 0 bridgehead atoms. The van der Waals surface area contributed by atoms with Gasteiger partial charge in [-0.25, -0.2) is 0 Å². The van der Waals surface area contributed by atoms with Gasteiger partial charge in [-0.1, -0.05) is 32.0 Å². The summed E-state index contributed by atoms with van der Waals surface area (Å²) >= 11 is 0. The lowest BCUT2D eigenvalue weighted by Gasteiger charge is -2.35. The van der Waals surface area contributed by atoms with Crippen molar-refractivity contribution in [1.82, 2.24) is 10.2 Å². The lowest BCUT2D eigenvalue weighted by molar-refractivity contribution is -0.127. The molecule has 2 heterocycles. The van der Waals surface area contributed by atoms with Gasteiger partial charge in [0.1, 0.15) is 11.3 Å². The van der Waals surface area contributed by atoms with Crippen LogP contribution in [0.4, 0.5) is 0 Å². The number of carbonyl (C=O) groups excluding carboxylic acids is 1. The van der Waals surface area contributed by atoms with Gasteiger partial charge in [0.25, 0.3) is 0 Å². The smallest absolute Gasteiger partial charge is 0.237 e. The fraction of sp³-hybridized carbons (Fsp3) is 0.591. The third-order valence-electron chi connectivity index (χ3n) is 5.30. The minimum atomic E-state index is -0.153. The predicted molar refractivity (Wildman–Crippen MR) is 108 cm³/mol. The quantitative estimate of drug-likeness (QED) is 0.794. The first-order valence-corrected chi connectivity index (χ1v) is 10.1. The van der Waals surface area contributed by atoms with Crippen LogP contribution < -0.4 is 5.32 Å². The number of piperidine rings is 1. The number of hydrogen-bond donors (Lipinski definition) is 1. The second-order valence-corrected chi connectivity index (χ2v) is 8.06. The van der Waals surface area contributed by atoms with Gasteiger partial charge >= 0.3 is 0 Å². The number of nitrogens with zero attached hydrogens (tertiary/aromatic N) is 1. The van der Waals surface area contributed by atoms with Crippen LogP contribution in [-0.4, -0.2) is 42.6 Å². The van der Waals surface area contributed by atoms with E-state index in [1.54, 1.807) is 0 Å². The van der Waals surface area contributed by atoms with E-state index in [-0.39, 0.29) is 18.0 Å². The topological polar surface area (TPSA) is 54.7 Å². The number of furan rings is 1. The minimum absolute atomic E-state index is 0.0458. The number of hydrogen-bond acceptors (Lipinski definition) is 4. The number of ether oxygens (including phenoxy) is 1. The van der Waals surface area contributed by atoms with Crippen molar-refractivity contribution in [2.45, 2.75) is 58.7 Å². The molecule has 2 atom stereocenters. The van der Waals surface area contributed by atoms with Crippen LogP contribution in [0.3, 0.4) is 0 Å². The van der Waals surface area contributed by atoms with E-state index in [4.69, 9.17) is 9.15 Å². The average Bonchev–Trinajstić information content (AvgIpc) is 3.10. The molecule has 1 aromatic heterocycles. The molecule has 1 N–H and O–H groups in total. The molecule has 0 aliphatic carbocycles. The van der Waals surface area contributed by atoms with Crippen LogP contribution in [0.5, 0.6) is 0 Å². The molecule has 1 amide bonds. The monoisotopic (exact) mass is 372 g/mol. The Morgan fingerprint density at radius 2 is 1.93 bits per heavy atom. The van der Waals surface area contributed by atoms with Crippen molar-refractivity contribution < 1.29 is 13.9 Å². The van der Waals surface area contributed by atoms with Crippen molar-refractivity contribution in [3.63, 3.8) is 0 Å². The number of likely N-dealkylation sites (tertiary alicyclic amines) is 1. The summed E-state index contributed by atoms with van der Waals surface area (Å²) in [5.74, 6) is 1.40. The highest BCUT2D eigenvalue weighted by Crippen LogP contribution is 2.24. The van der Waals surface area contributed by atoms with Gasteiger partial charge in [0.05, 0.1) is 18.2 Å². The van der Waals surface area contributed by atoms with E-state index in [9.17, 15) is 4.79 Å². The number of benzene rings is 1. The molecule has 2 aromatic rings. The van der Waals surface area contributed by atoms with Crippen molar-refractivity contribution in [2.75, 3.05) is 19.7 Å². The third-order valence-corrected chi connectivity index (χ3v) is 5.30. The van der Waals surface area contributed by atoms with Crippen molar-refractivity contribution in [3.05, 3.63) is 36.1 Å². The van der Waals surface area contributed by atoms with E-state index >= 15 is 0 Å². The zero-order chi connectivity index (χ0) is 19.4. The Labute approximate surface area is 162 Å². The molecule has 3 rings (SSSR count). The third kappa shape index (κ3) is 5.11. The van der Waals surface area contributed by atoms with E-state index < -0.39 is 0 Å². The van der Waals surface area contributed by atoms with Crippen LogP contribution in [-0.2, 0) is 9.53 Å². The highest BCUT2D eigenvalue weighted by molar-refractivity contribution is 5.82. The molecule has 0 saturated carbocycles. The van der Waals surface area contributed by atoms with Crippen molar-refractivity contribution in [3.8, 4) is 0 Å². The van der Waals surface area contributed by atoms with Crippen LogP contribution in [0.2, 0.25) is 0 Å². The van der Waals surface area contributed by atoms with Gasteiger partial charge in [0, 0.05) is 25.1 Å². The number of nitrogens with one attached hydrogen (secondary N) is 1. The lowest BCUT2D eigenvalue weighted by atomic mass is 10.1. The normalized spacial score (nSPS) is 18.7. The van der Waals surface area contributed by atoms with Crippen molar-refractivity contribution in [2.24, 2.45) is 5.92 Å². The Hall–Kier alpha value is -1.85. The molecule has 5 heteroatoms. The second kappa shape index (κ2) is 8.89. The standard InChI is InChI=1S/C22H32N2O3/c1-15(2)14-26-19-9-11-24(12-10-19)17(4)22(25)23-16(3)21-13-18-7-5-6-8-20(18)27-21/h5-8,13,15-17,19H,9-12,14H2,1-4H3,(H,23,25). The predicted octanol–water partition coefficient (Wildman–Crippen LogP) is 4.14. The number of fused-ring (bicyclic) bond motifs is 1. The minimum Gasteiger partial charge on any atom is -0.459 e. The van der Waals surface area contributed by atoms with Gasteiger partial charge < -0.3 is 14.5 Å². The Morgan fingerprint density at radius 1 is 1.22 bits per heavy atom. The van der Waals surface area contributed by atoms with Crippen LogP contribution in [0.15, 0.2) is 34.7 Å². The lowest BCUT2D eigenvalue weighted by Crippen LogP contribution is -2.49. The summed E-state index contributed by atoms with van der Waals surface area (Å²) in [6.07, 6.45) is 2.31. The maximum atomic E-state index is 12.7. The zero-order valence-corrected chi connectivity index (χ0v) is 16.9. The second-order valence-electron chi connectivity index (χ2n) is 8.06. The van der Waals surface area contributed by atoms with Gasteiger partial charge in [0.2, 0.25) is 5.91 Å². The highest BCUT2D eigenvalue weighted by Gasteiger charge is 2.28. The van der Waals surface area contributed by atoms with E-state index in [0.29, 0.717) is 12.0 Å². The molecule has 1 fully saturated rings. The van der Waals surface area contributed by atoms with E-state index in [2.05, 4.69) is 24.1 Å². The van der Waals surface area contributed by atoms with Gasteiger partial charge in [-0.2, -0.15) is 0 Å². The Balaban J connectivity index is 1.50. The van der Waals surface area contributed by atoms with Crippen LogP contribution in [0.25, 0.3) is 11.0 Å². The van der Waals surface area contributed by atoms with Gasteiger partial charge in [0.15, 0.2) is 0 Å². The number of rotatable bonds is 7. The maximum Gasteiger partial charge on any atom is 0.237 e. The van der Waals surface area contributed by atoms with Crippen molar-refractivity contribution in [1.29, 1.82) is 0 Å². The molecule has 1 aliphatic rings. The summed E-state index contributed by atoms with van der Waals surface area (Å²) in [7, 11) is 0. The molecule has 5 nitrogen and oxygen atoms in total. The first-order valence-electron chi connectivity index (χ1n) is 10.1. The summed E-state index contributed by atoms with van der Waals surface area (Å²) in [6, 6.07) is 9.61. The number of amides is 1. The molecule has 148 valence electrons. The first-order chi connectivity index (χ1) is 12.9. The number of carbonyl (C=O) groups is 1. The largest absolute Gasteiger partial charge is 0.459 e. The van der Waals surface area contributed by atoms with Gasteiger partial charge in [-0.05, 0) is 44.7 Å². The van der Waals surface area contributed by atoms with E-state index in [1.807, 2.05) is 44.2 Å². The Bertz CT molecular complexity index is 714. The molecule has 1 aromatic carbocycles. The molecule has 27 heavy (non-hydrogen) atoms. The fourth-order valence-corrected chi connectivity index (χ4v) is 3.55. The number of para-hydroxylation sites is 1. The summed E-state index contributed by atoms with van der Waals surface area (Å²) < 4.78 is 11.8. The fourth-order valence-electron chi connectivity index (χ4n) is 3.55. The molecule has 0 radical (unpaired) electrons. The summed E-state index contributed by atoms with van der Waals surface area (Å²) in [5, 5.41) is 4.16. The molecule has 1 aliphatic heterocycles. The molecular formula is C22H32N2O3. The molecular weight excluding hydrogens is 340 g/mol. The summed E-state index contributed by atoms with van der Waals surface area (Å²) in [6.45, 7) is 10.9.